The van der Waals surface area contributed by atoms with E-state index >= 15 is 0 Å². The number of benzene rings is 11. The normalized spacial score (nSPS) is 11.7. The summed E-state index contributed by atoms with van der Waals surface area (Å²) in [6.45, 7) is 0. The second-order valence-corrected chi connectivity index (χ2v) is 16.9. The summed E-state index contributed by atoms with van der Waals surface area (Å²) in [6.07, 6.45) is 0. The summed E-state index contributed by atoms with van der Waals surface area (Å²) in [5, 5.41) is 12.5. The number of aromatic nitrogens is 3. The third-order valence-electron chi connectivity index (χ3n) is 13.2. The molecule has 13 rings (SSSR count). The SMILES string of the molecule is c1ccc(-c2nc(-c3ccc(-c4ccc5cc(-c6c7ccccc7cc7c6ccc6ccccc67)ccc5c4)cc3)cc(-c3ccccc3-n3c4ccccc4c4ccccc43)n2)cc1. The van der Waals surface area contributed by atoms with Gasteiger partial charge in [-0.1, -0.05) is 194 Å². The number of fused-ring (bicyclic) bond motifs is 8. The number of nitrogens with zero attached hydrogens (tertiary/aromatic N) is 3. The van der Waals surface area contributed by atoms with Crippen LogP contribution in [0.2, 0.25) is 0 Å². The topological polar surface area (TPSA) is 30.7 Å². The Balaban J connectivity index is 0.885. The van der Waals surface area contributed by atoms with E-state index in [0.717, 1.165) is 50.4 Å². The molecule has 302 valence electrons. The second-order valence-electron chi connectivity index (χ2n) is 16.9. The Bertz CT molecular complexity index is 3940. The number of para-hydroxylation sites is 3. The molecule has 0 fully saturated rings. The molecule has 0 unspecified atom stereocenters. The molecule has 0 radical (unpaired) electrons. The fraction of sp³-hybridized carbons (Fsp3) is 0. The largest absolute Gasteiger partial charge is 0.309 e. The van der Waals surface area contributed by atoms with E-state index in [-0.39, 0.29) is 0 Å². The molecule has 0 aliphatic carbocycles. The van der Waals surface area contributed by atoms with Gasteiger partial charge in [-0.3, -0.25) is 0 Å². The molecule has 3 heteroatoms. The first-order chi connectivity index (χ1) is 32.2. The lowest BCUT2D eigenvalue weighted by Gasteiger charge is -2.15. The first-order valence-electron chi connectivity index (χ1n) is 22.2. The number of hydrogen-bond acceptors (Lipinski definition) is 2. The van der Waals surface area contributed by atoms with E-state index in [2.05, 4.69) is 223 Å². The van der Waals surface area contributed by atoms with Gasteiger partial charge in [0.2, 0.25) is 0 Å². The fourth-order valence-electron chi connectivity index (χ4n) is 10.1. The lowest BCUT2D eigenvalue weighted by atomic mass is 9.89. The molecular weight excluding hydrogens is 787 g/mol. The van der Waals surface area contributed by atoms with Gasteiger partial charge in [0.25, 0.3) is 0 Å². The fourth-order valence-corrected chi connectivity index (χ4v) is 10.1. The van der Waals surface area contributed by atoms with Crippen molar-refractivity contribution < 1.29 is 0 Å². The van der Waals surface area contributed by atoms with Gasteiger partial charge in [0, 0.05) is 27.5 Å². The van der Waals surface area contributed by atoms with Crippen molar-refractivity contribution in [2.24, 2.45) is 0 Å². The van der Waals surface area contributed by atoms with Gasteiger partial charge in [-0.05, 0) is 108 Å². The summed E-state index contributed by atoms with van der Waals surface area (Å²) in [5.41, 5.74) is 13.0. The van der Waals surface area contributed by atoms with Crippen LogP contribution in [0.3, 0.4) is 0 Å². The Morgan fingerprint density at radius 1 is 0.277 bits per heavy atom. The molecule has 0 atom stereocenters. The van der Waals surface area contributed by atoms with Gasteiger partial charge < -0.3 is 4.57 Å². The van der Waals surface area contributed by atoms with Gasteiger partial charge >= 0.3 is 0 Å². The standard InChI is InChI=1S/C62H39N3/c1-2-15-43(16-3-1)62-63-56(39-57(64-62)54-22-10-13-25-60(54)65-58-23-11-8-20-51(58)52-21-9-12-24-59(52)65)42-28-26-40(27-29-42)44-30-31-46-37-48(33-32-45(46)36-44)61-50-19-7-5-17-47(50)38-55-49-18-6-4-14-41(49)34-35-53(55)61/h1-39H. The maximum Gasteiger partial charge on any atom is 0.160 e. The molecule has 2 heterocycles. The van der Waals surface area contributed by atoms with Gasteiger partial charge in [0.05, 0.1) is 28.1 Å². The molecule has 0 spiro atoms. The summed E-state index contributed by atoms with van der Waals surface area (Å²) in [6, 6.07) is 85.3. The first-order valence-corrected chi connectivity index (χ1v) is 22.2. The van der Waals surface area contributed by atoms with Crippen LogP contribution in [-0.2, 0) is 0 Å². The Morgan fingerprint density at radius 2 is 0.831 bits per heavy atom. The number of rotatable bonds is 6. The van der Waals surface area contributed by atoms with Crippen LogP contribution in [0.15, 0.2) is 237 Å². The summed E-state index contributed by atoms with van der Waals surface area (Å²) in [4.78, 5) is 10.5. The minimum absolute atomic E-state index is 0.693. The van der Waals surface area contributed by atoms with E-state index in [4.69, 9.17) is 9.97 Å². The minimum atomic E-state index is 0.693. The van der Waals surface area contributed by atoms with Crippen LogP contribution in [0.4, 0.5) is 0 Å². The van der Waals surface area contributed by atoms with Gasteiger partial charge in [0.1, 0.15) is 0 Å². The van der Waals surface area contributed by atoms with E-state index in [9.17, 15) is 0 Å². The van der Waals surface area contributed by atoms with Gasteiger partial charge in [-0.2, -0.15) is 0 Å². The van der Waals surface area contributed by atoms with Crippen molar-refractivity contribution in [3.8, 4) is 61.8 Å². The second kappa shape index (κ2) is 15.0. The van der Waals surface area contributed by atoms with Gasteiger partial charge in [-0.15, -0.1) is 0 Å². The molecular formula is C62H39N3. The number of hydrogen-bond donors (Lipinski definition) is 0. The molecule has 2 aromatic heterocycles. The predicted octanol–water partition coefficient (Wildman–Crippen LogP) is 16.5. The quantitative estimate of drug-likeness (QED) is 0.123. The Kier molecular flexibility index (Phi) is 8.53. The van der Waals surface area contributed by atoms with Crippen LogP contribution >= 0.6 is 0 Å². The maximum absolute atomic E-state index is 5.27. The van der Waals surface area contributed by atoms with Crippen molar-refractivity contribution >= 4 is 64.9 Å². The van der Waals surface area contributed by atoms with Gasteiger partial charge in [-0.25, -0.2) is 9.97 Å². The molecule has 3 nitrogen and oxygen atoms in total. The van der Waals surface area contributed by atoms with Crippen molar-refractivity contribution in [1.29, 1.82) is 0 Å². The van der Waals surface area contributed by atoms with Crippen LogP contribution in [0.25, 0.3) is 127 Å². The van der Waals surface area contributed by atoms with Crippen molar-refractivity contribution in [2.45, 2.75) is 0 Å². The Hall–Kier alpha value is -8.66. The third kappa shape index (κ3) is 6.20. The zero-order valence-corrected chi connectivity index (χ0v) is 35.4. The third-order valence-corrected chi connectivity index (χ3v) is 13.2. The summed E-state index contributed by atoms with van der Waals surface area (Å²) in [5.74, 6) is 0.693. The molecule has 0 saturated heterocycles. The molecule has 0 N–H and O–H groups in total. The molecule has 0 bridgehead atoms. The van der Waals surface area contributed by atoms with Gasteiger partial charge in [0.15, 0.2) is 5.82 Å². The molecule has 13 aromatic rings. The van der Waals surface area contributed by atoms with Crippen molar-refractivity contribution in [1.82, 2.24) is 14.5 Å². The lowest BCUT2D eigenvalue weighted by molar-refractivity contribution is 1.15. The van der Waals surface area contributed by atoms with E-state index in [1.165, 1.54) is 70.6 Å². The van der Waals surface area contributed by atoms with Crippen LogP contribution < -0.4 is 0 Å². The molecule has 0 aliphatic heterocycles. The molecule has 0 amide bonds. The average molecular weight is 826 g/mol. The van der Waals surface area contributed by atoms with Crippen molar-refractivity contribution in [3.05, 3.63) is 237 Å². The summed E-state index contributed by atoms with van der Waals surface area (Å²) in [7, 11) is 0. The van der Waals surface area contributed by atoms with E-state index in [1.807, 2.05) is 18.2 Å². The van der Waals surface area contributed by atoms with Crippen LogP contribution in [0, 0.1) is 0 Å². The molecule has 0 aliphatic rings. The monoisotopic (exact) mass is 825 g/mol. The van der Waals surface area contributed by atoms with Crippen molar-refractivity contribution in [3.63, 3.8) is 0 Å². The van der Waals surface area contributed by atoms with Crippen LogP contribution in [0.5, 0.6) is 0 Å². The molecule has 0 saturated carbocycles. The first kappa shape index (κ1) is 36.9. The van der Waals surface area contributed by atoms with E-state index < -0.39 is 0 Å². The molecule has 11 aromatic carbocycles. The van der Waals surface area contributed by atoms with Crippen LogP contribution in [-0.4, -0.2) is 14.5 Å². The average Bonchev–Trinajstić information content (AvgIpc) is 3.72. The zero-order chi connectivity index (χ0) is 42.8. The highest BCUT2D eigenvalue weighted by molar-refractivity contribution is 6.20. The summed E-state index contributed by atoms with van der Waals surface area (Å²) < 4.78 is 2.37. The highest BCUT2D eigenvalue weighted by Crippen LogP contribution is 2.41. The highest BCUT2D eigenvalue weighted by atomic mass is 15.0. The van der Waals surface area contributed by atoms with Crippen molar-refractivity contribution in [2.75, 3.05) is 0 Å². The molecule has 65 heavy (non-hydrogen) atoms. The lowest BCUT2D eigenvalue weighted by Crippen LogP contribution is -2.00. The van der Waals surface area contributed by atoms with E-state index in [1.54, 1.807) is 0 Å². The minimum Gasteiger partial charge on any atom is -0.309 e. The zero-order valence-electron chi connectivity index (χ0n) is 35.4. The Labute approximate surface area is 376 Å². The Morgan fingerprint density at radius 3 is 1.60 bits per heavy atom. The smallest absolute Gasteiger partial charge is 0.160 e. The van der Waals surface area contributed by atoms with Crippen LogP contribution in [0.1, 0.15) is 0 Å². The maximum atomic E-state index is 5.27. The highest BCUT2D eigenvalue weighted by Gasteiger charge is 2.19. The predicted molar refractivity (Wildman–Crippen MR) is 274 cm³/mol. The van der Waals surface area contributed by atoms with E-state index in [0.29, 0.717) is 5.82 Å². The summed E-state index contributed by atoms with van der Waals surface area (Å²) >= 11 is 0.